The number of amides is 2. The molecule has 6 nitrogen and oxygen atoms in total. The van der Waals surface area contributed by atoms with Crippen LogP contribution in [0.5, 0.6) is 0 Å². The SMILES string of the molecule is CN(CC(=O)O)C(=O)C1CCCCN1C(=O)c1cccs1. The van der Waals surface area contributed by atoms with E-state index in [9.17, 15) is 14.4 Å². The first-order valence-electron chi connectivity index (χ1n) is 6.82. The number of carboxylic acids is 1. The number of hydrogen-bond donors (Lipinski definition) is 1. The van der Waals surface area contributed by atoms with E-state index in [4.69, 9.17) is 5.11 Å². The van der Waals surface area contributed by atoms with Crippen LogP contribution in [-0.4, -0.2) is 58.9 Å². The molecule has 1 N–H and O–H groups in total. The normalized spacial score (nSPS) is 18.3. The fourth-order valence-corrected chi connectivity index (χ4v) is 3.19. The molecule has 7 heteroatoms. The summed E-state index contributed by atoms with van der Waals surface area (Å²) >= 11 is 1.35. The number of likely N-dealkylation sites (tertiary alicyclic amines) is 1. The molecule has 0 bridgehead atoms. The first kappa shape index (κ1) is 15.5. The van der Waals surface area contributed by atoms with Crippen LogP contribution >= 0.6 is 11.3 Å². The highest BCUT2D eigenvalue weighted by Crippen LogP contribution is 2.22. The minimum atomic E-state index is -1.06. The highest BCUT2D eigenvalue weighted by Gasteiger charge is 2.34. The van der Waals surface area contributed by atoms with Crippen molar-refractivity contribution in [2.75, 3.05) is 20.1 Å². The van der Waals surface area contributed by atoms with Gasteiger partial charge in [-0.05, 0) is 30.7 Å². The Balaban J connectivity index is 2.13. The second-order valence-corrected chi connectivity index (χ2v) is 6.02. The zero-order chi connectivity index (χ0) is 15.4. The lowest BCUT2D eigenvalue weighted by atomic mass is 10.0. The Hall–Kier alpha value is -1.89. The molecule has 1 aromatic rings. The average Bonchev–Trinajstić information content (AvgIpc) is 2.99. The summed E-state index contributed by atoms with van der Waals surface area (Å²) < 4.78 is 0. The van der Waals surface area contributed by atoms with Gasteiger partial charge in [0.15, 0.2) is 0 Å². The lowest BCUT2D eigenvalue weighted by Crippen LogP contribution is -2.52. The first-order valence-corrected chi connectivity index (χ1v) is 7.70. The van der Waals surface area contributed by atoms with E-state index < -0.39 is 12.0 Å². The van der Waals surface area contributed by atoms with Crippen LogP contribution in [0.1, 0.15) is 28.9 Å². The zero-order valence-electron chi connectivity index (χ0n) is 11.8. The third-order valence-electron chi connectivity index (χ3n) is 3.53. The number of hydrogen-bond acceptors (Lipinski definition) is 4. The van der Waals surface area contributed by atoms with Crippen molar-refractivity contribution in [3.63, 3.8) is 0 Å². The van der Waals surface area contributed by atoms with Crippen LogP contribution in [0, 0.1) is 0 Å². The summed E-state index contributed by atoms with van der Waals surface area (Å²) in [5.41, 5.74) is 0. The Kier molecular flexibility index (Phi) is 4.95. The van der Waals surface area contributed by atoms with Crippen LogP contribution in [0.4, 0.5) is 0 Å². The van der Waals surface area contributed by atoms with Crippen LogP contribution in [0.15, 0.2) is 17.5 Å². The van der Waals surface area contributed by atoms with Gasteiger partial charge in [-0.15, -0.1) is 11.3 Å². The fourth-order valence-electron chi connectivity index (χ4n) is 2.51. The predicted octanol–water partition coefficient (Wildman–Crippen LogP) is 1.29. The Labute approximate surface area is 127 Å². The van der Waals surface area contributed by atoms with Crippen LogP contribution in [0.3, 0.4) is 0 Å². The quantitative estimate of drug-likeness (QED) is 0.909. The molecule has 0 spiro atoms. The van der Waals surface area contributed by atoms with Crippen LogP contribution in [0.25, 0.3) is 0 Å². The molecule has 1 saturated heterocycles. The molecule has 2 rings (SSSR count). The molecule has 0 saturated carbocycles. The maximum Gasteiger partial charge on any atom is 0.323 e. The Morgan fingerprint density at radius 3 is 2.81 bits per heavy atom. The molecule has 1 aromatic heterocycles. The fraction of sp³-hybridized carbons (Fsp3) is 0.500. The highest BCUT2D eigenvalue weighted by molar-refractivity contribution is 7.12. The minimum Gasteiger partial charge on any atom is -0.480 e. The molecule has 1 aliphatic rings. The summed E-state index contributed by atoms with van der Waals surface area (Å²) in [6.45, 7) is 0.185. The molecule has 21 heavy (non-hydrogen) atoms. The molecule has 1 atom stereocenters. The van der Waals surface area contributed by atoms with Crippen molar-refractivity contribution in [2.45, 2.75) is 25.3 Å². The van der Waals surface area contributed by atoms with E-state index in [1.807, 2.05) is 5.38 Å². The molecule has 2 amide bonds. The van der Waals surface area contributed by atoms with Crippen LogP contribution in [-0.2, 0) is 9.59 Å². The molecule has 0 aromatic carbocycles. The molecule has 0 aliphatic carbocycles. The standard InChI is InChI=1S/C14H18N2O4S/c1-15(9-12(17)18)13(19)10-5-2-3-7-16(10)14(20)11-6-4-8-21-11/h4,6,8,10H,2-3,5,7,9H2,1H3,(H,17,18). The molecule has 1 unspecified atom stereocenters. The molecule has 1 aliphatic heterocycles. The number of carboxylic acid groups (broad SMARTS) is 1. The van der Waals surface area contributed by atoms with Crippen molar-refractivity contribution in [2.24, 2.45) is 0 Å². The Bertz CT molecular complexity index is 529. The monoisotopic (exact) mass is 310 g/mol. The lowest BCUT2D eigenvalue weighted by molar-refractivity contribution is -0.145. The van der Waals surface area contributed by atoms with E-state index in [0.29, 0.717) is 17.8 Å². The van der Waals surface area contributed by atoms with E-state index in [-0.39, 0.29) is 18.4 Å². The maximum absolute atomic E-state index is 12.5. The summed E-state index contributed by atoms with van der Waals surface area (Å²) in [7, 11) is 1.46. The van der Waals surface area contributed by atoms with Crippen LogP contribution in [0.2, 0.25) is 0 Å². The zero-order valence-corrected chi connectivity index (χ0v) is 12.6. The van der Waals surface area contributed by atoms with Crippen molar-refractivity contribution in [3.05, 3.63) is 22.4 Å². The number of aliphatic carboxylic acids is 1. The number of nitrogens with zero attached hydrogens (tertiary/aromatic N) is 2. The van der Waals surface area contributed by atoms with Crippen molar-refractivity contribution in [1.29, 1.82) is 0 Å². The van der Waals surface area contributed by atoms with E-state index in [1.54, 1.807) is 17.0 Å². The third kappa shape index (κ3) is 3.60. The highest BCUT2D eigenvalue weighted by atomic mass is 32.1. The number of thiophene rings is 1. The summed E-state index contributed by atoms with van der Waals surface area (Å²) in [5.74, 6) is -1.51. The largest absolute Gasteiger partial charge is 0.480 e. The maximum atomic E-state index is 12.5. The van der Waals surface area contributed by atoms with Crippen molar-refractivity contribution >= 4 is 29.1 Å². The lowest BCUT2D eigenvalue weighted by Gasteiger charge is -2.36. The van der Waals surface area contributed by atoms with Gasteiger partial charge in [0.25, 0.3) is 5.91 Å². The van der Waals surface area contributed by atoms with Gasteiger partial charge >= 0.3 is 5.97 Å². The number of piperidine rings is 1. The summed E-state index contributed by atoms with van der Waals surface area (Å²) in [4.78, 5) is 38.9. The Morgan fingerprint density at radius 1 is 1.43 bits per heavy atom. The van der Waals surface area contributed by atoms with Gasteiger partial charge in [0.2, 0.25) is 5.91 Å². The molecule has 114 valence electrons. The molecule has 1 fully saturated rings. The smallest absolute Gasteiger partial charge is 0.323 e. The van der Waals surface area contributed by atoms with Gasteiger partial charge in [0.05, 0.1) is 4.88 Å². The second-order valence-electron chi connectivity index (χ2n) is 5.08. The predicted molar refractivity (Wildman–Crippen MR) is 78.3 cm³/mol. The van der Waals surface area contributed by atoms with E-state index in [0.717, 1.165) is 12.8 Å². The van der Waals surface area contributed by atoms with Gasteiger partial charge in [0, 0.05) is 13.6 Å². The number of likely N-dealkylation sites (N-methyl/N-ethyl adjacent to an activating group) is 1. The van der Waals surface area contributed by atoms with Gasteiger partial charge in [-0.3, -0.25) is 14.4 Å². The van der Waals surface area contributed by atoms with E-state index in [2.05, 4.69) is 0 Å². The van der Waals surface area contributed by atoms with Crippen molar-refractivity contribution in [1.82, 2.24) is 9.80 Å². The molecule has 0 radical (unpaired) electrons. The first-order chi connectivity index (χ1) is 10.0. The van der Waals surface area contributed by atoms with Gasteiger partial charge in [-0.1, -0.05) is 6.07 Å². The van der Waals surface area contributed by atoms with Crippen molar-refractivity contribution < 1.29 is 19.5 Å². The van der Waals surface area contributed by atoms with Gasteiger partial charge in [-0.2, -0.15) is 0 Å². The van der Waals surface area contributed by atoms with Crippen molar-refractivity contribution in [3.8, 4) is 0 Å². The average molecular weight is 310 g/mol. The van der Waals surface area contributed by atoms with E-state index >= 15 is 0 Å². The summed E-state index contributed by atoms with van der Waals surface area (Å²) in [5, 5.41) is 10.6. The molecular weight excluding hydrogens is 292 g/mol. The second kappa shape index (κ2) is 6.71. The van der Waals surface area contributed by atoms with Gasteiger partial charge in [0.1, 0.15) is 12.6 Å². The Morgan fingerprint density at radius 2 is 2.19 bits per heavy atom. The minimum absolute atomic E-state index is 0.147. The van der Waals surface area contributed by atoms with Gasteiger partial charge < -0.3 is 14.9 Å². The molecular formula is C14H18N2O4S. The topological polar surface area (TPSA) is 77.9 Å². The third-order valence-corrected chi connectivity index (χ3v) is 4.39. The van der Waals surface area contributed by atoms with E-state index in [1.165, 1.54) is 23.3 Å². The molecule has 2 heterocycles. The number of carbonyl (C=O) groups is 3. The summed E-state index contributed by atoms with van der Waals surface area (Å²) in [6.07, 6.45) is 2.31. The van der Waals surface area contributed by atoms with Gasteiger partial charge in [-0.25, -0.2) is 0 Å². The number of rotatable bonds is 4. The summed E-state index contributed by atoms with van der Waals surface area (Å²) in [6, 6.07) is 2.98. The van der Waals surface area contributed by atoms with Crippen LogP contribution < -0.4 is 0 Å². The number of carbonyl (C=O) groups excluding carboxylic acids is 2.